The molecule has 0 saturated carbocycles. The van der Waals surface area contributed by atoms with Crippen LogP contribution >= 0.6 is 11.6 Å². The molecular weight excluding hydrogens is 276 g/mol. The van der Waals surface area contributed by atoms with Crippen molar-refractivity contribution in [3.05, 3.63) is 52.7 Å². The predicted octanol–water partition coefficient (Wildman–Crippen LogP) is 2.59. The molecule has 0 saturated heterocycles. The highest BCUT2D eigenvalue weighted by Crippen LogP contribution is 2.23. The Morgan fingerprint density at radius 3 is 2.50 bits per heavy atom. The number of nitrogen functional groups attached to an aromatic ring is 1. The molecule has 0 spiro atoms. The fourth-order valence-electron chi connectivity index (χ4n) is 1.76. The zero-order chi connectivity index (χ0) is 14.7. The van der Waals surface area contributed by atoms with Crippen molar-refractivity contribution < 1.29 is 4.79 Å². The average Bonchev–Trinajstić information content (AvgIpc) is 2.41. The normalized spacial score (nSPS) is 11.9. The number of nitrogens with one attached hydrogen (secondary N) is 1. The second kappa shape index (κ2) is 5.79. The number of hydrogen-bond acceptors (Lipinski definition) is 4. The van der Waals surface area contributed by atoms with Gasteiger partial charge in [0.2, 0.25) is 0 Å². The summed E-state index contributed by atoms with van der Waals surface area (Å²) in [4.78, 5) is 15.3. The van der Waals surface area contributed by atoms with Crippen molar-refractivity contribution in [2.45, 2.75) is 13.0 Å². The van der Waals surface area contributed by atoms with E-state index in [1.54, 1.807) is 6.07 Å². The fraction of sp³-hybridized carbons (Fsp3) is 0.143. The summed E-state index contributed by atoms with van der Waals surface area (Å²) in [5, 5.41) is 3.83. The number of halogens is 1. The number of nitrogens with zero attached hydrogens (tertiary/aromatic N) is 1. The lowest BCUT2D eigenvalue weighted by Gasteiger charge is -2.16. The van der Waals surface area contributed by atoms with E-state index in [1.165, 1.54) is 6.07 Å². The number of anilines is 2. The van der Waals surface area contributed by atoms with Crippen molar-refractivity contribution in [1.29, 1.82) is 0 Å². The number of carbonyl (C=O) groups excluding carboxylic acids is 1. The summed E-state index contributed by atoms with van der Waals surface area (Å²) in [6.07, 6.45) is 0. The highest BCUT2D eigenvalue weighted by atomic mass is 35.5. The number of carbonyl (C=O) groups is 1. The summed E-state index contributed by atoms with van der Waals surface area (Å²) in [6, 6.07) is 10.5. The van der Waals surface area contributed by atoms with Crippen molar-refractivity contribution in [1.82, 2.24) is 4.98 Å². The maximum absolute atomic E-state index is 11.1. The lowest BCUT2D eigenvalue weighted by molar-refractivity contribution is 0.0995. The molecule has 0 fully saturated rings. The second-order valence-corrected chi connectivity index (χ2v) is 4.85. The highest BCUT2D eigenvalue weighted by molar-refractivity contribution is 6.30. The molecule has 1 heterocycles. The summed E-state index contributed by atoms with van der Waals surface area (Å²) in [7, 11) is 0. The summed E-state index contributed by atoms with van der Waals surface area (Å²) < 4.78 is 0. The molecule has 1 aromatic carbocycles. The highest BCUT2D eigenvalue weighted by Gasteiger charge is 2.11. The first kappa shape index (κ1) is 14.1. The van der Waals surface area contributed by atoms with E-state index in [2.05, 4.69) is 10.3 Å². The maximum Gasteiger partial charge on any atom is 0.267 e. The van der Waals surface area contributed by atoms with Crippen molar-refractivity contribution in [3.63, 3.8) is 0 Å². The summed E-state index contributed by atoms with van der Waals surface area (Å²) in [5.74, 6) is -0.157. The van der Waals surface area contributed by atoms with Crippen LogP contribution in [0.15, 0.2) is 36.4 Å². The van der Waals surface area contributed by atoms with Crippen molar-refractivity contribution in [2.24, 2.45) is 5.73 Å². The quantitative estimate of drug-likeness (QED) is 0.806. The number of rotatable bonds is 4. The first-order valence-electron chi connectivity index (χ1n) is 6.05. The van der Waals surface area contributed by atoms with Gasteiger partial charge in [-0.2, -0.15) is 0 Å². The van der Waals surface area contributed by atoms with E-state index in [4.69, 9.17) is 23.1 Å². The van der Waals surface area contributed by atoms with E-state index in [1.807, 2.05) is 31.2 Å². The second-order valence-electron chi connectivity index (χ2n) is 4.42. The smallest absolute Gasteiger partial charge is 0.267 e. The van der Waals surface area contributed by atoms with Gasteiger partial charge >= 0.3 is 0 Å². The Hall–Kier alpha value is -2.27. The van der Waals surface area contributed by atoms with Crippen LogP contribution in [-0.4, -0.2) is 10.9 Å². The number of nitrogens with two attached hydrogens (primary N) is 2. The Morgan fingerprint density at radius 1 is 1.25 bits per heavy atom. The number of aromatic nitrogens is 1. The molecule has 1 atom stereocenters. The van der Waals surface area contributed by atoms with Crippen LogP contribution in [0.1, 0.15) is 29.0 Å². The van der Waals surface area contributed by atoms with E-state index in [0.29, 0.717) is 16.5 Å². The van der Waals surface area contributed by atoms with E-state index in [0.717, 1.165) is 5.56 Å². The molecule has 1 aromatic heterocycles. The Balaban J connectivity index is 2.22. The number of pyridine rings is 1. The summed E-state index contributed by atoms with van der Waals surface area (Å²) in [5.41, 5.74) is 12.7. The molecule has 1 unspecified atom stereocenters. The monoisotopic (exact) mass is 290 g/mol. The third kappa shape index (κ3) is 3.19. The van der Waals surface area contributed by atoms with Gasteiger partial charge in [0.05, 0.1) is 11.7 Å². The molecule has 2 aromatic rings. The molecule has 6 heteroatoms. The first-order valence-corrected chi connectivity index (χ1v) is 6.43. The Morgan fingerprint density at radius 2 is 1.90 bits per heavy atom. The van der Waals surface area contributed by atoms with E-state index in [-0.39, 0.29) is 11.7 Å². The minimum Gasteiger partial charge on any atom is -0.396 e. The van der Waals surface area contributed by atoms with Crippen molar-refractivity contribution in [2.75, 3.05) is 11.1 Å². The minimum absolute atomic E-state index is 0.0369. The molecule has 20 heavy (non-hydrogen) atoms. The van der Waals surface area contributed by atoms with Gasteiger partial charge in [-0.05, 0) is 36.8 Å². The summed E-state index contributed by atoms with van der Waals surface area (Å²) >= 11 is 5.85. The van der Waals surface area contributed by atoms with Crippen LogP contribution in [0.2, 0.25) is 5.02 Å². The van der Waals surface area contributed by atoms with Gasteiger partial charge < -0.3 is 16.8 Å². The molecule has 0 aliphatic carbocycles. The van der Waals surface area contributed by atoms with Crippen LogP contribution in [0.25, 0.3) is 0 Å². The Bertz CT molecular complexity index is 628. The lowest BCUT2D eigenvalue weighted by Crippen LogP contribution is -2.16. The van der Waals surface area contributed by atoms with Crippen LogP contribution in [0, 0.1) is 0 Å². The van der Waals surface area contributed by atoms with Gasteiger partial charge in [0.25, 0.3) is 5.91 Å². The first-order chi connectivity index (χ1) is 9.47. The van der Waals surface area contributed by atoms with Gasteiger partial charge in [-0.3, -0.25) is 4.79 Å². The minimum atomic E-state index is -0.591. The van der Waals surface area contributed by atoms with Crippen LogP contribution < -0.4 is 16.8 Å². The molecule has 0 bridgehead atoms. The molecule has 2 rings (SSSR count). The average molecular weight is 291 g/mol. The molecule has 0 radical (unpaired) electrons. The topological polar surface area (TPSA) is 94.0 Å². The fourth-order valence-corrected chi connectivity index (χ4v) is 1.89. The maximum atomic E-state index is 11.1. The zero-order valence-electron chi connectivity index (χ0n) is 10.9. The standard InChI is InChI=1S/C14H15ClN4O/c1-8(9-2-4-10(15)5-3-9)18-14-11(16)6-7-12(19-14)13(17)20/h2-8H,16H2,1H3,(H2,17,20)(H,18,19). The van der Waals surface area contributed by atoms with Gasteiger partial charge in [-0.15, -0.1) is 0 Å². The van der Waals surface area contributed by atoms with Crippen LogP contribution in [0.5, 0.6) is 0 Å². The molecule has 5 N–H and O–H groups in total. The van der Waals surface area contributed by atoms with Crippen LogP contribution in [-0.2, 0) is 0 Å². The third-order valence-corrected chi connectivity index (χ3v) is 3.15. The largest absolute Gasteiger partial charge is 0.396 e. The van der Waals surface area contributed by atoms with Gasteiger partial charge in [0, 0.05) is 5.02 Å². The van der Waals surface area contributed by atoms with Gasteiger partial charge in [-0.1, -0.05) is 23.7 Å². The number of amides is 1. The number of primary amides is 1. The predicted molar refractivity (Wildman–Crippen MR) is 80.7 cm³/mol. The van der Waals surface area contributed by atoms with Gasteiger partial charge in [0.1, 0.15) is 5.69 Å². The van der Waals surface area contributed by atoms with Crippen molar-refractivity contribution >= 4 is 29.0 Å². The van der Waals surface area contributed by atoms with Gasteiger partial charge in [-0.25, -0.2) is 4.98 Å². The lowest BCUT2D eigenvalue weighted by atomic mass is 10.1. The third-order valence-electron chi connectivity index (χ3n) is 2.90. The van der Waals surface area contributed by atoms with E-state index < -0.39 is 5.91 Å². The summed E-state index contributed by atoms with van der Waals surface area (Å²) in [6.45, 7) is 1.96. The SMILES string of the molecule is CC(Nc1nc(C(N)=O)ccc1N)c1ccc(Cl)cc1. The molecule has 5 nitrogen and oxygen atoms in total. The Labute approximate surface area is 121 Å². The van der Waals surface area contributed by atoms with Gasteiger partial charge in [0.15, 0.2) is 5.82 Å². The number of hydrogen-bond donors (Lipinski definition) is 3. The van der Waals surface area contributed by atoms with Crippen molar-refractivity contribution in [3.8, 4) is 0 Å². The Kier molecular flexibility index (Phi) is 4.10. The number of benzene rings is 1. The van der Waals surface area contributed by atoms with E-state index >= 15 is 0 Å². The van der Waals surface area contributed by atoms with E-state index in [9.17, 15) is 4.79 Å². The van der Waals surface area contributed by atoms with Crippen LogP contribution in [0.4, 0.5) is 11.5 Å². The molecule has 1 amide bonds. The molecule has 0 aliphatic rings. The molecule has 0 aliphatic heterocycles. The molecular formula is C14H15ClN4O. The molecule has 104 valence electrons. The zero-order valence-corrected chi connectivity index (χ0v) is 11.7. The van der Waals surface area contributed by atoms with Crippen LogP contribution in [0.3, 0.4) is 0 Å².